The molecule has 0 radical (unpaired) electrons. The van der Waals surface area contributed by atoms with E-state index in [1.165, 1.54) is 10.5 Å². The number of nitriles is 1. The first-order chi connectivity index (χ1) is 18.1. The number of oxime groups is 1. The summed E-state index contributed by atoms with van der Waals surface area (Å²) in [5.41, 5.74) is 7.96. The summed E-state index contributed by atoms with van der Waals surface area (Å²) >= 11 is 0. The van der Waals surface area contributed by atoms with E-state index < -0.39 is 28.2 Å². The molecule has 38 heavy (non-hydrogen) atoms. The van der Waals surface area contributed by atoms with Crippen LogP contribution in [0.4, 0.5) is 13.2 Å². The number of sulfonamides is 1. The highest BCUT2D eigenvalue weighted by atomic mass is 32.2. The van der Waals surface area contributed by atoms with Crippen LogP contribution in [0.3, 0.4) is 0 Å². The monoisotopic (exact) mass is 546 g/mol. The lowest BCUT2D eigenvalue weighted by Crippen LogP contribution is -2.38. The van der Waals surface area contributed by atoms with Crippen molar-refractivity contribution in [1.82, 2.24) is 4.31 Å². The van der Waals surface area contributed by atoms with Crippen molar-refractivity contribution in [2.75, 3.05) is 13.1 Å². The molecule has 0 aromatic heterocycles. The molecule has 1 aliphatic rings. The fourth-order valence-electron chi connectivity index (χ4n) is 3.73. The van der Waals surface area contributed by atoms with Gasteiger partial charge in [-0.15, -0.1) is 13.2 Å². The maximum atomic E-state index is 13.0. The Kier molecular flexibility index (Phi) is 9.33. The van der Waals surface area contributed by atoms with Crippen molar-refractivity contribution in [1.29, 1.82) is 5.26 Å². The Morgan fingerprint density at radius 3 is 2.45 bits per heavy atom. The van der Waals surface area contributed by atoms with E-state index in [0.29, 0.717) is 22.4 Å². The molecule has 1 unspecified atom stereocenters. The molecule has 2 N–H and O–H groups in total. The number of hydrogen-bond acceptors (Lipinski definition) is 7. The predicted octanol–water partition coefficient (Wildman–Crippen LogP) is 4.94. The fraction of sp³-hybridized carbons (Fsp3) is 0.231. The van der Waals surface area contributed by atoms with Crippen LogP contribution < -0.4 is 10.5 Å². The molecule has 2 aromatic carbocycles. The average Bonchev–Trinajstić information content (AvgIpc) is 2.89. The van der Waals surface area contributed by atoms with Gasteiger partial charge in [-0.1, -0.05) is 36.0 Å². The second-order valence-corrected chi connectivity index (χ2v) is 10.0. The minimum absolute atomic E-state index is 0.109. The lowest BCUT2D eigenvalue weighted by molar-refractivity contribution is -0.274. The van der Waals surface area contributed by atoms with Crippen LogP contribution in [-0.4, -0.2) is 37.9 Å². The largest absolute Gasteiger partial charge is 0.573 e. The van der Waals surface area contributed by atoms with Crippen LogP contribution in [-0.2, 0) is 14.9 Å². The summed E-state index contributed by atoms with van der Waals surface area (Å²) in [6.07, 6.45) is 1.24. The maximum absolute atomic E-state index is 13.0. The number of nitrogens with two attached hydrogens (primary N) is 1. The first-order valence-corrected chi connectivity index (χ1v) is 12.8. The van der Waals surface area contributed by atoms with Crippen molar-refractivity contribution in [3.63, 3.8) is 0 Å². The summed E-state index contributed by atoms with van der Waals surface area (Å²) in [6, 6.07) is 13.0. The highest BCUT2D eigenvalue weighted by Crippen LogP contribution is 2.29. The van der Waals surface area contributed by atoms with E-state index in [0.717, 1.165) is 24.3 Å². The standard InChI is InChI=1S/C26H25F3N4O4S/c1-2-4-20(11-14-30)25(21-6-3-5-19(17-21)18-31)37-32-22-12-15-33(16-13-22)38(34,35)24-9-7-23(8-10-24)36-26(27,28)29/h2-11,14,17,25H,1,12-13,15-16,30H2/b14-11-,20-4+. The molecular weight excluding hydrogens is 521 g/mol. The number of halogens is 3. The number of ether oxygens (including phenoxy) is 1. The third-order valence-corrected chi connectivity index (χ3v) is 7.41. The summed E-state index contributed by atoms with van der Waals surface area (Å²) in [7, 11) is -3.93. The van der Waals surface area contributed by atoms with Gasteiger partial charge in [0.15, 0.2) is 6.10 Å². The number of allylic oxidation sites excluding steroid dienone is 2. The number of piperidine rings is 1. The minimum Gasteiger partial charge on any atom is -0.406 e. The molecule has 8 nitrogen and oxygen atoms in total. The highest BCUT2D eigenvalue weighted by Gasteiger charge is 2.32. The van der Waals surface area contributed by atoms with Gasteiger partial charge in [0.2, 0.25) is 10.0 Å². The molecule has 1 atom stereocenters. The van der Waals surface area contributed by atoms with Crippen molar-refractivity contribution in [3.8, 4) is 11.8 Å². The lowest BCUT2D eigenvalue weighted by atomic mass is 9.99. The van der Waals surface area contributed by atoms with Gasteiger partial charge in [0.1, 0.15) is 5.75 Å². The Labute approximate surface area is 218 Å². The summed E-state index contributed by atoms with van der Waals surface area (Å²) in [4.78, 5) is 5.73. The van der Waals surface area contributed by atoms with Crippen LogP contribution >= 0.6 is 0 Å². The predicted molar refractivity (Wildman–Crippen MR) is 135 cm³/mol. The molecule has 1 aliphatic heterocycles. The SMILES string of the molecule is C=C/C=C(\C=C/N)C(ON=C1CCN(S(=O)(=O)c2ccc(OC(F)(F)F)cc2)CC1)c1cccc(C#N)c1. The van der Waals surface area contributed by atoms with Gasteiger partial charge in [0.25, 0.3) is 0 Å². The zero-order valence-corrected chi connectivity index (χ0v) is 21.0. The van der Waals surface area contributed by atoms with Gasteiger partial charge in [-0.25, -0.2) is 8.42 Å². The number of alkyl halides is 3. The molecule has 200 valence electrons. The van der Waals surface area contributed by atoms with Crippen LogP contribution in [0.1, 0.15) is 30.1 Å². The molecule has 12 heteroatoms. The maximum Gasteiger partial charge on any atom is 0.573 e. The highest BCUT2D eigenvalue weighted by molar-refractivity contribution is 7.89. The first-order valence-electron chi connectivity index (χ1n) is 11.4. The molecule has 1 heterocycles. The number of rotatable bonds is 9. The smallest absolute Gasteiger partial charge is 0.406 e. The quantitative estimate of drug-likeness (QED) is 0.352. The molecule has 1 saturated heterocycles. The van der Waals surface area contributed by atoms with E-state index in [1.807, 2.05) is 0 Å². The van der Waals surface area contributed by atoms with Gasteiger partial charge in [0.05, 0.1) is 22.2 Å². The van der Waals surface area contributed by atoms with E-state index in [2.05, 4.69) is 22.5 Å². The van der Waals surface area contributed by atoms with Gasteiger partial charge < -0.3 is 15.3 Å². The number of benzene rings is 2. The fourth-order valence-corrected chi connectivity index (χ4v) is 5.17. The number of nitrogens with zero attached hydrogens (tertiary/aromatic N) is 3. The van der Waals surface area contributed by atoms with Crippen LogP contribution in [0, 0.1) is 11.3 Å². The molecule has 3 rings (SSSR count). The van der Waals surface area contributed by atoms with Crippen LogP contribution in [0.5, 0.6) is 5.75 Å². The lowest BCUT2D eigenvalue weighted by Gasteiger charge is -2.27. The van der Waals surface area contributed by atoms with E-state index in [9.17, 15) is 26.9 Å². The average molecular weight is 547 g/mol. The second kappa shape index (κ2) is 12.4. The van der Waals surface area contributed by atoms with Gasteiger partial charge in [-0.05, 0) is 48.7 Å². The molecule has 1 fully saturated rings. The summed E-state index contributed by atoms with van der Waals surface area (Å²) < 4.78 is 68.1. The summed E-state index contributed by atoms with van der Waals surface area (Å²) in [5.74, 6) is -0.508. The van der Waals surface area contributed by atoms with E-state index in [-0.39, 0.29) is 30.8 Å². The van der Waals surface area contributed by atoms with Gasteiger partial charge in [0, 0.05) is 37.1 Å². The van der Waals surface area contributed by atoms with Crippen LogP contribution in [0.15, 0.2) is 95.2 Å². The topological polar surface area (TPSA) is 118 Å². The molecule has 0 bridgehead atoms. The molecule has 0 aliphatic carbocycles. The van der Waals surface area contributed by atoms with Gasteiger partial charge in [-0.2, -0.15) is 9.57 Å². The van der Waals surface area contributed by atoms with Crippen LogP contribution in [0.2, 0.25) is 0 Å². The van der Waals surface area contributed by atoms with Crippen molar-refractivity contribution in [2.45, 2.75) is 30.2 Å². The van der Waals surface area contributed by atoms with Crippen LogP contribution in [0.25, 0.3) is 0 Å². The Balaban J connectivity index is 1.73. The van der Waals surface area contributed by atoms with Crippen molar-refractivity contribution in [3.05, 3.63) is 96.2 Å². The molecule has 2 aromatic rings. The van der Waals surface area contributed by atoms with Crippen molar-refractivity contribution in [2.24, 2.45) is 10.9 Å². The summed E-state index contributed by atoms with van der Waals surface area (Å²) in [5, 5.41) is 13.5. The van der Waals surface area contributed by atoms with Crippen molar-refractivity contribution >= 4 is 15.7 Å². The Hall–Kier alpha value is -4.08. The number of hydrogen-bond donors (Lipinski definition) is 1. The molecular formula is C26H25F3N4O4S. The zero-order chi connectivity index (χ0) is 27.8. The van der Waals surface area contributed by atoms with E-state index in [1.54, 1.807) is 42.5 Å². The van der Waals surface area contributed by atoms with Gasteiger partial charge in [-0.3, -0.25) is 0 Å². The normalized spacial score (nSPS) is 16.1. The van der Waals surface area contributed by atoms with E-state index in [4.69, 9.17) is 10.6 Å². The minimum atomic E-state index is -4.87. The van der Waals surface area contributed by atoms with E-state index >= 15 is 0 Å². The molecule has 0 spiro atoms. The first kappa shape index (κ1) is 28.5. The third-order valence-electron chi connectivity index (χ3n) is 5.50. The van der Waals surface area contributed by atoms with Crippen molar-refractivity contribution < 1.29 is 31.2 Å². The zero-order valence-electron chi connectivity index (χ0n) is 20.1. The third kappa shape index (κ3) is 7.47. The Bertz CT molecular complexity index is 1370. The molecule has 0 amide bonds. The second-order valence-electron chi connectivity index (χ2n) is 8.07. The Morgan fingerprint density at radius 1 is 1.18 bits per heavy atom. The molecule has 0 saturated carbocycles. The summed E-state index contributed by atoms with van der Waals surface area (Å²) in [6.45, 7) is 3.92. The Morgan fingerprint density at radius 2 is 1.87 bits per heavy atom. The van der Waals surface area contributed by atoms with Gasteiger partial charge >= 0.3 is 6.36 Å².